The first-order valence-corrected chi connectivity index (χ1v) is 12.4. The molecule has 0 amide bonds. The number of hydrogen-bond acceptors (Lipinski definition) is 4. The highest BCUT2D eigenvalue weighted by Gasteiger charge is 2.59. The maximum atomic E-state index is 12.2. The average Bonchev–Trinajstić information content (AvgIpc) is 3.09. The molecular formula is C27H40O4. The van der Waals surface area contributed by atoms with Crippen molar-refractivity contribution < 1.29 is 19.1 Å². The van der Waals surface area contributed by atoms with Crippen LogP contribution in [0.5, 0.6) is 0 Å². The van der Waals surface area contributed by atoms with E-state index in [4.69, 9.17) is 9.47 Å². The van der Waals surface area contributed by atoms with E-state index in [0.717, 1.165) is 36.9 Å². The molecule has 172 valence electrons. The second-order valence-corrected chi connectivity index (χ2v) is 11.1. The molecule has 4 nitrogen and oxygen atoms in total. The molecule has 0 bridgehead atoms. The molecule has 5 unspecified atom stereocenters. The van der Waals surface area contributed by atoms with E-state index in [9.17, 15) is 9.59 Å². The number of fused-ring (bicyclic) bond motifs is 5. The number of rotatable bonds is 6. The van der Waals surface area contributed by atoms with Crippen molar-refractivity contribution in [1.82, 2.24) is 0 Å². The van der Waals surface area contributed by atoms with Crippen molar-refractivity contribution in [2.75, 3.05) is 13.2 Å². The summed E-state index contributed by atoms with van der Waals surface area (Å²) in [6.45, 7) is 11.9. The summed E-state index contributed by atoms with van der Waals surface area (Å²) < 4.78 is 11.2. The van der Waals surface area contributed by atoms with Gasteiger partial charge in [-0.1, -0.05) is 20.8 Å². The molecule has 0 radical (unpaired) electrons. The molecule has 31 heavy (non-hydrogen) atoms. The molecule has 0 aromatic rings. The third-order valence-corrected chi connectivity index (χ3v) is 9.65. The average molecular weight is 429 g/mol. The molecule has 0 aliphatic heterocycles. The minimum Gasteiger partial charge on any atom is -0.498 e. The number of hydrogen-bond donors (Lipinski definition) is 0. The normalized spacial score (nSPS) is 40.2. The van der Waals surface area contributed by atoms with Crippen LogP contribution in [0, 0.1) is 40.4 Å². The Bertz CT molecular complexity index is 795. The number of esters is 1. The standard InChI is InChI=1S/C27H40O4/c1-6-30-20-9-11-27(5)24-10-12-26(4)22(17(2)16-31-18(3)29)7-8-23(26)21(24)13-19(15-28)25(27)14-20/h14-15,17,21-24H,6-13,16H2,1-5H3/t17-,21?,22-,23?,24?,26?,27?/m1/s1. The van der Waals surface area contributed by atoms with E-state index in [2.05, 4.69) is 26.8 Å². The lowest BCUT2D eigenvalue weighted by Crippen LogP contribution is -2.51. The Balaban J connectivity index is 1.62. The van der Waals surface area contributed by atoms with Crippen molar-refractivity contribution in [3.63, 3.8) is 0 Å². The molecule has 4 heteroatoms. The highest BCUT2D eigenvalue weighted by Crippen LogP contribution is 2.67. The zero-order valence-corrected chi connectivity index (χ0v) is 20.0. The molecule has 0 aromatic carbocycles. The van der Waals surface area contributed by atoms with Gasteiger partial charge in [-0.25, -0.2) is 0 Å². The number of allylic oxidation sites excluding steroid dienone is 4. The first kappa shape index (κ1) is 22.6. The molecule has 4 rings (SSSR count). The zero-order valence-electron chi connectivity index (χ0n) is 20.0. The first-order valence-electron chi connectivity index (χ1n) is 12.4. The van der Waals surface area contributed by atoms with Crippen LogP contribution in [-0.4, -0.2) is 25.5 Å². The summed E-state index contributed by atoms with van der Waals surface area (Å²) in [6, 6.07) is 0. The lowest BCUT2D eigenvalue weighted by molar-refractivity contribution is -0.143. The summed E-state index contributed by atoms with van der Waals surface area (Å²) in [6.07, 6.45) is 11.3. The van der Waals surface area contributed by atoms with E-state index in [1.165, 1.54) is 38.2 Å². The smallest absolute Gasteiger partial charge is 0.302 e. The molecule has 7 atom stereocenters. The second kappa shape index (κ2) is 8.41. The Labute approximate surface area is 187 Å². The number of carbonyl (C=O) groups excluding carboxylic acids is 2. The molecular weight excluding hydrogens is 388 g/mol. The largest absolute Gasteiger partial charge is 0.498 e. The molecule has 2 fully saturated rings. The Hall–Kier alpha value is -1.58. The summed E-state index contributed by atoms with van der Waals surface area (Å²) in [5.74, 6) is 3.73. The van der Waals surface area contributed by atoms with E-state index < -0.39 is 0 Å². The lowest BCUT2D eigenvalue weighted by atomic mass is 9.46. The van der Waals surface area contributed by atoms with Crippen LogP contribution in [0.2, 0.25) is 0 Å². The Morgan fingerprint density at radius 1 is 1.23 bits per heavy atom. The van der Waals surface area contributed by atoms with Crippen LogP contribution < -0.4 is 0 Å². The number of ether oxygens (including phenoxy) is 2. The fraction of sp³-hybridized carbons (Fsp3) is 0.778. The predicted molar refractivity (Wildman–Crippen MR) is 121 cm³/mol. The lowest BCUT2D eigenvalue weighted by Gasteiger charge is -2.58. The molecule has 4 aliphatic rings. The van der Waals surface area contributed by atoms with Gasteiger partial charge in [-0.3, -0.25) is 9.59 Å². The maximum absolute atomic E-state index is 12.2. The van der Waals surface area contributed by atoms with Gasteiger partial charge in [-0.05, 0) is 103 Å². The molecule has 0 spiro atoms. The summed E-state index contributed by atoms with van der Waals surface area (Å²) in [7, 11) is 0. The Kier molecular flexibility index (Phi) is 6.13. The third-order valence-electron chi connectivity index (χ3n) is 9.65. The van der Waals surface area contributed by atoms with Crippen LogP contribution in [0.25, 0.3) is 0 Å². The van der Waals surface area contributed by atoms with E-state index in [-0.39, 0.29) is 16.8 Å². The van der Waals surface area contributed by atoms with Gasteiger partial charge in [0.15, 0.2) is 0 Å². The van der Waals surface area contributed by atoms with E-state index >= 15 is 0 Å². The van der Waals surface area contributed by atoms with Gasteiger partial charge in [0, 0.05) is 13.3 Å². The Morgan fingerprint density at radius 2 is 2.00 bits per heavy atom. The third kappa shape index (κ3) is 3.68. The van der Waals surface area contributed by atoms with Crippen molar-refractivity contribution in [3.8, 4) is 0 Å². The SMILES string of the molecule is CCOC1=CC2=C(C=O)CC3C(CCC4(C)C3CC[C@@H]4[C@H](C)COC(C)=O)C2(C)CC1. The number of carbonyl (C=O) groups is 2. The summed E-state index contributed by atoms with van der Waals surface area (Å²) in [4.78, 5) is 23.6. The summed E-state index contributed by atoms with van der Waals surface area (Å²) in [5.41, 5.74) is 2.65. The van der Waals surface area contributed by atoms with Gasteiger partial charge < -0.3 is 9.47 Å². The molecule has 4 aliphatic carbocycles. The quantitative estimate of drug-likeness (QED) is 0.392. The van der Waals surface area contributed by atoms with Crippen LogP contribution >= 0.6 is 0 Å². The highest BCUT2D eigenvalue weighted by atomic mass is 16.5. The molecule has 0 N–H and O–H groups in total. The first-order chi connectivity index (χ1) is 14.7. The molecule has 0 saturated heterocycles. The summed E-state index contributed by atoms with van der Waals surface area (Å²) in [5, 5.41) is 0. The second-order valence-electron chi connectivity index (χ2n) is 11.1. The van der Waals surface area contributed by atoms with Gasteiger partial charge in [0.25, 0.3) is 0 Å². The van der Waals surface area contributed by atoms with Crippen molar-refractivity contribution in [2.24, 2.45) is 40.4 Å². The topological polar surface area (TPSA) is 52.6 Å². The molecule has 0 aromatic heterocycles. The van der Waals surface area contributed by atoms with E-state index in [1.807, 2.05) is 6.92 Å². The minimum absolute atomic E-state index is 0.0858. The fourth-order valence-electron chi connectivity index (χ4n) is 8.24. The van der Waals surface area contributed by atoms with Crippen molar-refractivity contribution in [2.45, 2.75) is 79.6 Å². The highest BCUT2D eigenvalue weighted by molar-refractivity contribution is 5.77. The van der Waals surface area contributed by atoms with Gasteiger partial charge in [-0.2, -0.15) is 0 Å². The van der Waals surface area contributed by atoms with Gasteiger partial charge in [0.05, 0.1) is 19.0 Å². The van der Waals surface area contributed by atoms with Gasteiger partial charge >= 0.3 is 5.97 Å². The zero-order chi connectivity index (χ0) is 22.4. The molecule has 0 heterocycles. The Morgan fingerprint density at radius 3 is 2.68 bits per heavy atom. The van der Waals surface area contributed by atoms with E-state index in [1.54, 1.807) is 0 Å². The van der Waals surface area contributed by atoms with Crippen LogP contribution in [0.4, 0.5) is 0 Å². The predicted octanol–water partition coefficient (Wildman–Crippen LogP) is 5.86. The van der Waals surface area contributed by atoms with Crippen LogP contribution in [0.3, 0.4) is 0 Å². The van der Waals surface area contributed by atoms with E-state index in [0.29, 0.717) is 42.8 Å². The van der Waals surface area contributed by atoms with Crippen molar-refractivity contribution >= 4 is 12.3 Å². The molecule has 2 saturated carbocycles. The summed E-state index contributed by atoms with van der Waals surface area (Å²) >= 11 is 0. The van der Waals surface area contributed by atoms with Crippen molar-refractivity contribution in [3.05, 3.63) is 23.0 Å². The fourth-order valence-corrected chi connectivity index (χ4v) is 8.24. The van der Waals surface area contributed by atoms with Crippen molar-refractivity contribution in [1.29, 1.82) is 0 Å². The number of aldehydes is 1. The maximum Gasteiger partial charge on any atom is 0.302 e. The van der Waals surface area contributed by atoms with Crippen LogP contribution in [0.15, 0.2) is 23.0 Å². The van der Waals surface area contributed by atoms with Gasteiger partial charge in [0.1, 0.15) is 6.29 Å². The van der Waals surface area contributed by atoms with Crippen LogP contribution in [-0.2, 0) is 19.1 Å². The van der Waals surface area contributed by atoms with Crippen LogP contribution in [0.1, 0.15) is 79.6 Å². The van der Waals surface area contributed by atoms with Gasteiger partial charge in [-0.15, -0.1) is 0 Å². The monoisotopic (exact) mass is 428 g/mol. The minimum atomic E-state index is -0.180. The van der Waals surface area contributed by atoms with Gasteiger partial charge in [0.2, 0.25) is 0 Å².